The van der Waals surface area contributed by atoms with E-state index in [4.69, 9.17) is 0 Å². The third-order valence-corrected chi connectivity index (χ3v) is 2.48. The summed E-state index contributed by atoms with van der Waals surface area (Å²) in [7, 11) is 0. The molecule has 2 rings (SSSR count). The molecule has 0 unspecified atom stereocenters. The van der Waals surface area contributed by atoms with Crippen LogP contribution in [-0.2, 0) is 0 Å². The molecule has 0 saturated carbocycles. The van der Waals surface area contributed by atoms with Crippen molar-refractivity contribution in [3.8, 4) is 11.5 Å². The Balaban J connectivity index is 2.48. The first-order chi connectivity index (χ1) is 8.08. The highest BCUT2D eigenvalue weighted by molar-refractivity contribution is 5.94. The van der Waals surface area contributed by atoms with Gasteiger partial charge < -0.3 is 0 Å². The number of hydrogen-bond acceptors (Lipinski definition) is 4. The van der Waals surface area contributed by atoms with Gasteiger partial charge in [0.1, 0.15) is 5.69 Å². The molecule has 0 amide bonds. The van der Waals surface area contributed by atoms with Crippen molar-refractivity contribution < 1.29 is 4.79 Å². The first-order valence-electron chi connectivity index (χ1n) is 5.36. The molecule has 0 aliphatic carbocycles. The first-order valence-corrected chi connectivity index (χ1v) is 5.36. The van der Waals surface area contributed by atoms with Crippen molar-refractivity contribution in [2.75, 3.05) is 0 Å². The van der Waals surface area contributed by atoms with Gasteiger partial charge in [0.05, 0.1) is 11.3 Å². The Kier molecular flexibility index (Phi) is 2.95. The van der Waals surface area contributed by atoms with Crippen LogP contribution >= 0.6 is 0 Å². The summed E-state index contributed by atoms with van der Waals surface area (Å²) < 4.78 is 0. The van der Waals surface area contributed by atoms with Crippen LogP contribution in [0, 0.1) is 13.8 Å². The van der Waals surface area contributed by atoms with E-state index >= 15 is 0 Å². The van der Waals surface area contributed by atoms with E-state index in [9.17, 15) is 4.79 Å². The van der Waals surface area contributed by atoms with Gasteiger partial charge in [-0.2, -0.15) is 0 Å². The molecule has 4 heteroatoms. The van der Waals surface area contributed by atoms with Crippen molar-refractivity contribution in [3.63, 3.8) is 0 Å². The number of carbonyl (C=O) groups excluding carboxylic acids is 1. The third-order valence-electron chi connectivity index (χ3n) is 2.48. The summed E-state index contributed by atoms with van der Waals surface area (Å²) in [4.78, 5) is 24.1. The smallest absolute Gasteiger partial charge is 0.178 e. The van der Waals surface area contributed by atoms with Gasteiger partial charge >= 0.3 is 0 Å². The van der Waals surface area contributed by atoms with E-state index in [0.29, 0.717) is 17.1 Å². The van der Waals surface area contributed by atoms with Crippen molar-refractivity contribution >= 4 is 5.78 Å². The molecule has 17 heavy (non-hydrogen) atoms. The van der Waals surface area contributed by atoms with Crippen LogP contribution in [0.15, 0.2) is 24.4 Å². The normalized spacial score (nSPS) is 10.3. The van der Waals surface area contributed by atoms with Gasteiger partial charge in [-0.05, 0) is 32.9 Å². The van der Waals surface area contributed by atoms with Crippen LogP contribution in [0.4, 0.5) is 0 Å². The summed E-state index contributed by atoms with van der Waals surface area (Å²) in [6.07, 6.45) is 1.56. The molecule has 86 valence electrons. The SMILES string of the molecule is CC(=O)c1cnc(-c2cccc(C)n2)nc1C. The van der Waals surface area contributed by atoms with Crippen LogP contribution in [0.3, 0.4) is 0 Å². The summed E-state index contributed by atoms with van der Waals surface area (Å²) in [5.41, 5.74) is 2.88. The Morgan fingerprint density at radius 3 is 2.53 bits per heavy atom. The lowest BCUT2D eigenvalue weighted by Crippen LogP contribution is -2.02. The Morgan fingerprint density at radius 2 is 1.94 bits per heavy atom. The number of aryl methyl sites for hydroxylation is 2. The Bertz CT molecular complexity index is 579. The van der Waals surface area contributed by atoms with Crippen LogP contribution in [0.25, 0.3) is 11.5 Å². The molecular weight excluding hydrogens is 214 g/mol. The maximum Gasteiger partial charge on any atom is 0.178 e. The largest absolute Gasteiger partial charge is 0.294 e. The summed E-state index contributed by atoms with van der Waals surface area (Å²) in [6, 6.07) is 5.69. The molecule has 0 N–H and O–H groups in total. The van der Waals surface area contributed by atoms with Crippen molar-refractivity contribution in [2.24, 2.45) is 0 Å². The molecule has 0 aliphatic rings. The zero-order valence-electron chi connectivity index (χ0n) is 10.1. The predicted octanol–water partition coefficient (Wildman–Crippen LogP) is 2.36. The van der Waals surface area contributed by atoms with Crippen molar-refractivity contribution in [1.82, 2.24) is 15.0 Å². The molecule has 0 bridgehead atoms. The fourth-order valence-corrected chi connectivity index (χ4v) is 1.60. The van der Waals surface area contributed by atoms with Crippen molar-refractivity contribution in [2.45, 2.75) is 20.8 Å². The van der Waals surface area contributed by atoms with E-state index < -0.39 is 0 Å². The topological polar surface area (TPSA) is 55.7 Å². The van der Waals surface area contributed by atoms with Crippen molar-refractivity contribution in [1.29, 1.82) is 0 Å². The van der Waals surface area contributed by atoms with Gasteiger partial charge in [-0.3, -0.25) is 4.79 Å². The van der Waals surface area contributed by atoms with E-state index in [1.807, 2.05) is 25.1 Å². The molecule has 4 nitrogen and oxygen atoms in total. The fourth-order valence-electron chi connectivity index (χ4n) is 1.60. The number of nitrogens with zero attached hydrogens (tertiary/aromatic N) is 3. The first kappa shape index (κ1) is 11.4. The summed E-state index contributed by atoms with van der Waals surface area (Å²) in [5, 5.41) is 0. The number of ketones is 1. The maximum absolute atomic E-state index is 11.3. The van der Waals surface area contributed by atoms with Gasteiger partial charge in [0.25, 0.3) is 0 Å². The second kappa shape index (κ2) is 4.41. The Morgan fingerprint density at radius 1 is 1.18 bits per heavy atom. The van der Waals surface area contributed by atoms with Crippen LogP contribution < -0.4 is 0 Å². The highest BCUT2D eigenvalue weighted by Crippen LogP contribution is 2.14. The molecule has 2 aromatic rings. The molecule has 0 spiro atoms. The van der Waals surface area contributed by atoms with Crippen molar-refractivity contribution in [3.05, 3.63) is 41.3 Å². The Hall–Kier alpha value is -2.10. The highest BCUT2D eigenvalue weighted by Gasteiger charge is 2.09. The monoisotopic (exact) mass is 227 g/mol. The molecule has 0 aromatic carbocycles. The second-order valence-electron chi connectivity index (χ2n) is 3.91. The average molecular weight is 227 g/mol. The average Bonchev–Trinajstić information content (AvgIpc) is 2.28. The van der Waals surface area contributed by atoms with Gasteiger partial charge in [-0.1, -0.05) is 6.07 Å². The lowest BCUT2D eigenvalue weighted by atomic mass is 10.2. The van der Waals surface area contributed by atoms with Gasteiger partial charge in [-0.25, -0.2) is 15.0 Å². The van der Waals surface area contributed by atoms with Crippen LogP contribution in [0.1, 0.15) is 28.7 Å². The minimum absolute atomic E-state index is 0.0220. The number of Topliss-reactive ketones (excluding diaryl/α,β-unsaturated/α-hetero) is 1. The molecule has 2 aromatic heterocycles. The number of pyridine rings is 1. The lowest BCUT2D eigenvalue weighted by molar-refractivity contribution is 0.101. The van der Waals surface area contributed by atoms with Gasteiger partial charge in [0.2, 0.25) is 0 Å². The molecule has 0 radical (unpaired) electrons. The second-order valence-corrected chi connectivity index (χ2v) is 3.91. The molecule has 0 saturated heterocycles. The molecule has 0 fully saturated rings. The lowest BCUT2D eigenvalue weighted by Gasteiger charge is -2.04. The zero-order chi connectivity index (χ0) is 12.4. The predicted molar refractivity (Wildman–Crippen MR) is 64.7 cm³/mol. The minimum Gasteiger partial charge on any atom is -0.294 e. The van der Waals surface area contributed by atoms with E-state index in [1.54, 1.807) is 13.1 Å². The summed E-state index contributed by atoms with van der Waals surface area (Å²) in [6.45, 7) is 5.23. The van der Waals surface area contributed by atoms with Gasteiger partial charge in [-0.15, -0.1) is 0 Å². The van der Waals surface area contributed by atoms with Crippen LogP contribution in [0.5, 0.6) is 0 Å². The number of carbonyl (C=O) groups is 1. The number of hydrogen-bond donors (Lipinski definition) is 0. The molecular formula is C13H13N3O. The number of rotatable bonds is 2. The van der Waals surface area contributed by atoms with E-state index in [0.717, 1.165) is 11.4 Å². The third kappa shape index (κ3) is 2.36. The summed E-state index contributed by atoms with van der Waals surface area (Å²) in [5.74, 6) is 0.530. The fraction of sp³-hybridized carbons (Fsp3) is 0.231. The van der Waals surface area contributed by atoms with Crippen LogP contribution in [-0.4, -0.2) is 20.7 Å². The highest BCUT2D eigenvalue weighted by atomic mass is 16.1. The molecule has 2 heterocycles. The minimum atomic E-state index is -0.0220. The standard InChI is InChI=1S/C13H13N3O/c1-8-5-4-6-12(15-8)13-14-7-11(10(3)17)9(2)16-13/h4-7H,1-3H3. The summed E-state index contributed by atoms with van der Waals surface area (Å²) >= 11 is 0. The Labute approximate surface area is 99.8 Å². The van der Waals surface area contributed by atoms with E-state index in [1.165, 1.54) is 6.92 Å². The number of aromatic nitrogens is 3. The molecule has 0 atom stereocenters. The maximum atomic E-state index is 11.3. The van der Waals surface area contributed by atoms with Gasteiger partial charge in [0, 0.05) is 11.9 Å². The van der Waals surface area contributed by atoms with Gasteiger partial charge in [0.15, 0.2) is 11.6 Å². The quantitative estimate of drug-likeness (QED) is 0.739. The molecule has 0 aliphatic heterocycles. The van der Waals surface area contributed by atoms with E-state index in [-0.39, 0.29) is 5.78 Å². The van der Waals surface area contributed by atoms with Crippen LogP contribution in [0.2, 0.25) is 0 Å². The van der Waals surface area contributed by atoms with E-state index in [2.05, 4.69) is 15.0 Å². The zero-order valence-corrected chi connectivity index (χ0v) is 10.1.